The summed E-state index contributed by atoms with van der Waals surface area (Å²) in [6, 6.07) is 5.34. The second kappa shape index (κ2) is 4.09. The summed E-state index contributed by atoms with van der Waals surface area (Å²) in [7, 11) is 1.48. The fraction of sp³-hybridized carbons (Fsp3) is 0.500. The second-order valence-electron chi connectivity index (χ2n) is 4.12. The van der Waals surface area contributed by atoms with Crippen molar-refractivity contribution in [2.24, 2.45) is 5.92 Å². The molecule has 0 saturated heterocycles. The van der Waals surface area contributed by atoms with Gasteiger partial charge in [0, 0.05) is 17.8 Å². The van der Waals surface area contributed by atoms with Gasteiger partial charge in [-0.1, -0.05) is 0 Å². The molecule has 1 aromatic carbocycles. The molecular weight excluding hydrogens is 193 g/mol. The molecule has 0 aliphatic heterocycles. The van der Waals surface area contributed by atoms with Gasteiger partial charge in [0.05, 0.1) is 7.11 Å². The lowest BCUT2D eigenvalue weighted by molar-refractivity contribution is 0.386. The molecule has 1 aromatic rings. The Labute approximate surface area is 89.4 Å². The van der Waals surface area contributed by atoms with E-state index < -0.39 is 0 Å². The number of methoxy groups -OCH3 is 1. The molecule has 0 bridgehead atoms. The van der Waals surface area contributed by atoms with Gasteiger partial charge in [0.1, 0.15) is 0 Å². The minimum atomic E-state index is -0.317. The molecule has 2 rings (SSSR count). The molecule has 82 valence electrons. The van der Waals surface area contributed by atoms with Crippen molar-refractivity contribution in [3.8, 4) is 5.75 Å². The highest BCUT2D eigenvalue weighted by Crippen LogP contribution is 2.34. The molecule has 15 heavy (non-hydrogen) atoms. The lowest BCUT2D eigenvalue weighted by Crippen LogP contribution is -2.17. The SMILES string of the molecule is COc1cc(NC(C)C2CC2)ccc1F. The molecule has 0 aromatic heterocycles. The maximum absolute atomic E-state index is 13.1. The number of rotatable bonds is 4. The number of halogens is 1. The summed E-state index contributed by atoms with van der Waals surface area (Å²) in [5.74, 6) is 0.756. The van der Waals surface area contributed by atoms with Crippen LogP contribution in [0.3, 0.4) is 0 Å². The summed E-state index contributed by atoms with van der Waals surface area (Å²) in [5.41, 5.74) is 0.924. The minimum Gasteiger partial charge on any atom is -0.494 e. The lowest BCUT2D eigenvalue weighted by Gasteiger charge is -2.15. The fourth-order valence-corrected chi connectivity index (χ4v) is 1.73. The third kappa shape index (κ3) is 2.41. The third-order valence-corrected chi connectivity index (χ3v) is 2.87. The Morgan fingerprint density at radius 2 is 2.20 bits per heavy atom. The van der Waals surface area contributed by atoms with Crippen LogP contribution in [0, 0.1) is 11.7 Å². The summed E-state index contributed by atoms with van der Waals surface area (Å²) >= 11 is 0. The average molecular weight is 209 g/mol. The Balaban J connectivity index is 2.07. The van der Waals surface area contributed by atoms with Gasteiger partial charge in [-0.2, -0.15) is 0 Å². The Kier molecular flexibility index (Phi) is 2.80. The van der Waals surface area contributed by atoms with Crippen molar-refractivity contribution in [2.75, 3.05) is 12.4 Å². The smallest absolute Gasteiger partial charge is 0.165 e. The van der Waals surface area contributed by atoms with Crippen LogP contribution in [0.4, 0.5) is 10.1 Å². The molecule has 0 amide bonds. The lowest BCUT2D eigenvalue weighted by atomic mass is 10.2. The van der Waals surface area contributed by atoms with E-state index >= 15 is 0 Å². The van der Waals surface area contributed by atoms with E-state index in [0.29, 0.717) is 11.8 Å². The number of anilines is 1. The topological polar surface area (TPSA) is 21.3 Å². The third-order valence-electron chi connectivity index (χ3n) is 2.87. The van der Waals surface area contributed by atoms with Gasteiger partial charge in [-0.15, -0.1) is 0 Å². The van der Waals surface area contributed by atoms with Gasteiger partial charge in [-0.05, 0) is 37.8 Å². The van der Waals surface area contributed by atoms with Gasteiger partial charge in [0.2, 0.25) is 0 Å². The van der Waals surface area contributed by atoms with Crippen LogP contribution in [0.15, 0.2) is 18.2 Å². The number of hydrogen-bond donors (Lipinski definition) is 1. The Bertz CT molecular complexity index is 349. The largest absolute Gasteiger partial charge is 0.494 e. The molecule has 0 radical (unpaired) electrons. The van der Waals surface area contributed by atoms with Crippen molar-refractivity contribution >= 4 is 5.69 Å². The highest BCUT2D eigenvalue weighted by atomic mass is 19.1. The maximum atomic E-state index is 13.1. The molecule has 0 heterocycles. The first-order chi connectivity index (χ1) is 7.20. The predicted molar refractivity (Wildman–Crippen MR) is 58.8 cm³/mol. The molecule has 1 saturated carbocycles. The van der Waals surface area contributed by atoms with Gasteiger partial charge < -0.3 is 10.1 Å². The molecule has 1 unspecified atom stereocenters. The van der Waals surface area contributed by atoms with Crippen molar-refractivity contribution in [3.63, 3.8) is 0 Å². The molecule has 0 spiro atoms. The van der Waals surface area contributed by atoms with Gasteiger partial charge in [-0.25, -0.2) is 4.39 Å². The van der Waals surface area contributed by atoms with Crippen molar-refractivity contribution < 1.29 is 9.13 Å². The molecule has 1 fully saturated rings. The van der Waals surface area contributed by atoms with Crippen LogP contribution in [0.5, 0.6) is 5.75 Å². The minimum absolute atomic E-state index is 0.294. The summed E-state index contributed by atoms with van der Waals surface area (Å²) in [6.45, 7) is 2.16. The van der Waals surface area contributed by atoms with Gasteiger partial charge in [-0.3, -0.25) is 0 Å². The monoisotopic (exact) mass is 209 g/mol. The number of hydrogen-bond acceptors (Lipinski definition) is 2. The molecule has 1 aliphatic carbocycles. The van der Waals surface area contributed by atoms with E-state index in [1.807, 2.05) is 0 Å². The van der Waals surface area contributed by atoms with E-state index in [1.165, 1.54) is 26.0 Å². The van der Waals surface area contributed by atoms with Crippen LogP contribution < -0.4 is 10.1 Å². The van der Waals surface area contributed by atoms with E-state index in [2.05, 4.69) is 12.2 Å². The van der Waals surface area contributed by atoms with E-state index in [-0.39, 0.29) is 5.82 Å². The van der Waals surface area contributed by atoms with E-state index in [4.69, 9.17) is 4.74 Å². The van der Waals surface area contributed by atoms with Gasteiger partial charge in [0.25, 0.3) is 0 Å². The molecule has 1 atom stereocenters. The molecular formula is C12H16FNO. The van der Waals surface area contributed by atoms with Crippen LogP contribution >= 0.6 is 0 Å². The maximum Gasteiger partial charge on any atom is 0.165 e. The second-order valence-corrected chi connectivity index (χ2v) is 4.12. The molecule has 2 nitrogen and oxygen atoms in total. The summed E-state index contributed by atoms with van der Waals surface area (Å²) in [5, 5.41) is 3.36. The van der Waals surface area contributed by atoms with Gasteiger partial charge in [0.15, 0.2) is 11.6 Å². The van der Waals surface area contributed by atoms with Crippen molar-refractivity contribution in [3.05, 3.63) is 24.0 Å². The summed E-state index contributed by atoms with van der Waals surface area (Å²) in [4.78, 5) is 0. The van der Waals surface area contributed by atoms with Crippen molar-refractivity contribution in [1.82, 2.24) is 0 Å². The van der Waals surface area contributed by atoms with E-state index in [9.17, 15) is 4.39 Å². The first-order valence-corrected chi connectivity index (χ1v) is 5.31. The average Bonchev–Trinajstić information content (AvgIpc) is 3.04. The zero-order chi connectivity index (χ0) is 10.8. The summed E-state index contributed by atoms with van der Waals surface area (Å²) in [6.07, 6.45) is 2.60. The van der Waals surface area contributed by atoms with Crippen LogP contribution in [0.2, 0.25) is 0 Å². The highest BCUT2D eigenvalue weighted by Gasteiger charge is 2.27. The number of nitrogens with one attached hydrogen (secondary N) is 1. The van der Waals surface area contributed by atoms with Gasteiger partial charge >= 0.3 is 0 Å². The standard InChI is InChI=1S/C12H16FNO/c1-8(9-3-4-9)14-10-5-6-11(13)12(7-10)15-2/h5-9,14H,3-4H2,1-2H3. The predicted octanol–water partition coefficient (Wildman–Crippen LogP) is 3.04. The van der Waals surface area contributed by atoms with Crippen LogP contribution in [0.25, 0.3) is 0 Å². The zero-order valence-corrected chi connectivity index (χ0v) is 9.09. The molecule has 1 N–H and O–H groups in total. The molecule has 1 aliphatic rings. The summed E-state index contributed by atoms with van der Waals surface area (Å²) < 4.78 is 18.1. The fourth-order valence-electron chi connectivity index (χ4n) is 1.73. The number of ether oxygens (including phenoxy) is 1. The van der Waals surface area contributed by atoms with Crippen molar-refractivity contribution in [2.45, 2.75) is 25.8 Å². The Morgan fingerprint density at radius 3 is 2.80 bits per heavy atom. The Morgan fingerprint density at radius 1 is 1.47 bits per heavy atom. The normalized spacial score (nSPS) is 17.3. The quantitative estimate of drug-likeness (QED) is 0.823. The van der Waals surface area contributed by atoms with Crippen LogP contribution in [-0.4, -0.2) is 13.2 Å². The molecule has 3 heteroatoms. The first-order valence-electron chi connectivity index (χ1n) is 5.31. The first kappa shape index (κ1) is 10.3. The Hall–Kier alpha value is -1.25. The van der Waals surface area contributed by atoms with E-state index in [1.54, 1.807) is 12.1 Å². The zero-order valence-electron chi connectivity index (χ0n) is 9.09. The van der Waals surface area contributed by atoms with Crippen LogP contribution in [0.1, 0.15) is 19.8 Å². The van der Waals surface area contributed by atoms with E-state index in [0.717, 1.165) is 11.6 Å². The van der Waals surface area contributed by atoms with Crippen LogP contribution in [-0.2, 0) is 0 Å². The highest BCUT2D eigenvalue weighted by molar-refractivity contribution is 5.49. The van der Waals surface area contributed by atoms with Crippen molar-refractivity contribution in [1.29, 1.82) is 0 Å². The number of benzene rings is 1.